The van der Waals surface area contributed by atoms with Crippen LogP contribution in [0.3, 0.4) is 0 Å². The summed E-state index contributed by atoms with van der Waals surface area (Å²) in [4.78, 5) is 4.72. The number of aliphatic imine (C=N–C) groups is 1. The maximum Gasteiger partial charge on any atom is 0.191 e. The molecule has 0 saturated carbocycles. The van der Waals surface area contributed by atoms with Gasteiger partial charge in [-0.1, -0.05) is 47.5 Å². The molecule has 0 spiro atoms. The van der Waals surface area contributed by atoms with Crippen molar-refractivity contribution in [3.05, 3.63) is 12.2 Å². The van der Waals surface area contributed by atoms with Gasteiger partial charge in [0, 0.05) is 32.1 Å². The number of guanidine groups is 1. The third kappa shape index (κ3) is 11.0. The molecule has 0 amide bonds. The Hall–Kier alpha value is -0.860. The number of rotatable bonds is 11. The van der Waals surface area contributed by atoms with Gasteiger partial charge in [-0.15, -0.1) is 34.2 Å². The number of aromatic nitrogens is 3. The lowest BCUT2D eigenvalue weighted by molar-refractivity contribution is 0.489. The van der Waals surface area contributed by atoms with E-state index in [0.29, 0.717) is 12.0 Å². The fourth-order valence-corrected chi connectivity index (χ4v) is 2.60. The normalized spacial score (nSPS) is 13.0. The van der Waals surface area contributed by atoms with Crippen molar-refractivity contribution in [2.45, 2.75) is 79.8 Å². The molecule has 1 aromatic heterocycles. The van der Waals surface area contributed by atoms with Crippen LogP contribution in [0.4, 0.5) is 0 Å². The highest BCUT2D eigenvalue weighted by Gasteiger charge is 2.07. The van der Waals surface area contributed by atoms with Gasteiger partial charge >= 0.3 is 0 Å². The highest BCUT2D eigenvalue weighted by atomic mass is 127. The smallest absolute Gasteiger partial charge is 0.191 e. The average Bonchev–Trinajstić information content (AvgIpc) is 2.99. The Kier molecular flexibility index (Phi) is 13.8. The van der Waals surface area contributed by atoms with E-state index in [4.69, 9.17) is 4.99 Å². The van der Waals surface area contributed by atoms with Crippen molar-refractivity contribution in [3.8, 4) is 0 Å². The first-order valence-corrected chi connectivity index (χ1v) is 9.83. The van der Waals surface area contributed by atoms with Crippen molar-refractivity contribution < 1.29 is 0 Å². The highest BCUT2D eigenvalue weighted by Crippen LogP contribution is 2.08. The molecule has 152 valence electrons. The number of hydrogen-bond donors (Lipinski definition) is 2. The molecule has 0 aliphatic rings. The minimum absolute atomic E-state index is 0. The van der Waals surface area contributed by atoms with E-state index in [1.54, 1.807) is 6.33 Å². The van der Waals surface area contributed by atoms with Gasteiger partial charge in [-0.05, 0) is 25.2 Å². The van der Waals surface area contributed by atoms with Crippen molar-refractivity contribution in [1.29, 1.82) is 0 Å². The molecule has 26 heavy (non-hydrogen) atoms. The van der Waals surface area contributed by atoms with Gasteiger partial charge in [0.25, 0.3) is 0 Å². The summed E-state index contributed by atoms with van der Waals surface area (Å²) < 4.78 is 2.10. The molecular weight excluding hydrogens is 439 g/mol. The molecule has 6 nitrogen and oxygen atoms in total. The van der Waals surface area contributed by atoms with E-state index in [1.807, 2.05) is 0 Å². The Morgan fingerprint density at radius 3 is 2.50 bits per heavy atom. The van der Waals surface area contributed by atoms with Crippen LogP contribution in [0.15, 0.2) is 11.3 Å². The van der Waals surface area contributed by atoms with E-state index in [9.17, 15) is 0 Å². The van der Waals surface area contributed by atoms with Gasteiger partial charge in [0.15, 0.2) is 5.96 Å². The number of hydrogen-bond acceptors (Lipinski definition) is 3. The SMILES string of the molecule is CCc1nncn1CCNC(=NCC(C)C)NC(C)CCCC(C)C.I. The fraction of sp³-hybridized carbons (Fsp3) is 0.842. The van der Waals surface area contributed by atoms with E-state index in [-0.39, 0.29) is 24.0 Å². The zero-order valence-corrected chi connectivity index (χ0v) is 19.8. The second-order valence-corrected chi connectivity index (χ2v) is 7.67. The number of nitrogens with zero attached hydrogens (tertiary/aromatic N) is 4. The maximum absolute atomic E-state index is 4.72. The topological polar surface area (TPSA) is 67.1 Å². The van der Waals surface area contributed by atoms with E-state index in [1.165, 1.54) is 19.3 Å². The zero-order chi connectivity index (χ0) is 18.7. The Morgan fingerprint density at radius 2 is 1.88 bits per heavy atom. The van der Waals surface area contributed by atoms with Crippen LogP contribution >= 0.6 is 24.0 Å². The standard InChI is InChI=1S/C19H38N6.HI/c1-7-18-24-22-14-25(18)12-11-20-19(21-13-16(4)5)23-17(6)10-8-9-15(2)3;/h14-17H,7-13H2,1-6H3,(H2,20,21,23);1H. The van der Waals surface area contributed by atoms with Crippen LogP contribution in [0.1, 0.15) is 66.6 Å². The summed E-state index contributed by atoms with van der Waals surface area (Å²) in [6, 6.07) is 0.429. The first-order chi connectivity index (χ1) is 11.9. The molecule has 1 heterocycles. The lowest BCUT2D eigenvalue weighted by Crippen LogP contribution is -2.43. The quantitative estimate of drug-likeness (QED) is 0.288. The molecule has 0 aliphatic carbocycles. The van der Waals surface area contributed by atoms with Gasteiger partial charge in [-0.25, -0.2) is 0 Å². The van der Waals surface area contributed by atoms with Gasteiger partial charge in [0.1, 0.15) is 12.2 Å². The molecule has 0 saturated heterocycles. The van der Waals surface area contributed by atoms with Crippen molar-refractivity contribution in [1.82, 2.24) is 25.4 Å². The van der Waals surface area contributed by atoms with E-state index in [2.05, 4.69) is 66.9 Å². The highest BCUT2D eigenvalue weighted by molar-refractivity contribution is 14.0. The number of aryl methyl sites for hydroxylation is 1. The van der Waals surface area contributed by atoms with Gasteiger partial charge in [-0.3, -0.25) is 4.99 Å². The molecule has 1 unspecified atom stereocenters. The van der Waals surface area contributed by atoms with Gasteiger partial charge in [-0.2, -0.15) is 0 Å². The van der Waals surface area contributed by atoms with Crippen LogP contribution < -0.4 is 10.6 Å². The second kappa shape index (κ2) is 14.2. The molecular formula is C19H39IN6. The van der Waals surface area contributed by atoms with E-state index >= 15 is 0 Å². The first-order valence-electron chi connectivity index (χ1n) is 9.83. The minimum atomic E-state index is 0. The largest absolute Gasteiger partial charge is 0.355 e. The van der Waals surface area contributed by atoms with Crippen molar-refractivity contribution in [2.24, 2.45) is 16.8 Å². The molecule has 0 aliphatic heterocycles. The van der Waals surface area contributed by atoms with Gasteiger partial charge in [0.2, 0.25) is 0 Å². The summed E-state index contributed by atoms with van der Waals surface area (Å²) in [6.07, 6.45) is 6.41. The zero-order valence-electron chi connectivity index (χ0n) is 17.5. The van der Waals surface area contributed by atoms with Crippen LogP contribution in [-0.4, -0.2) is 39.9 Å². The monoisotopic (exact) mass is 478 g/mol. The summed E-state index contributed by atoms with van der Waals surface area (Å²) in [6.45, 7) is 15.8. The number of halogens is 1. The molecule has 7 heteroatoms. The van der Waals surface area contributed by atoms with Crippen LogP contribution in [0.25, 0.3) is 0 Å². The maximum atomic E-state index is 4.72. The molecule has 0 fully saturated rings. The molecule has 0 bridgehead atoms. The van der Waals surface area contributed by atoms with Crippen LogP contribution in [0.5, 0.6) is 0 Å². The minimum Gasteiger partial charge on any atom is -0.355 e. The van der Waals surface area contributed by atoms with Crippen LogP contribution in [0, 0.1) is 11.8 Å². The summed E-state index contributed by atoms with van der Waals surface area (Å²) in [7, 11) is 0. The Balaban J connectivity index is 0.00000625. The molecule has 0 aromatic carbocycles. The van der Waals surface area contributed by atoms with Gasteiger partial charge in [0.05, 0.1) is 0 Å². The van der Waals surface area contributed by atoms with E-state index < -0.39 is 0 Å². The Morgan fingerprint density at radius 1 is 1.15 bits per heavy atom. The predicted octanol–water partition coefficient (Wildman–Crippen LogP) is 3.86. The third-order valence-corrected chi connectivity index (χ3v) is 4.07. The van der Waals surface area contributed by atoms with Crippen molar-refractivity contribution in [2.75, 3.05) is 13.1 Å². The van der Waals surface area contributed by atoms with Gasteiger partial charge < -0.3 is 15.2 Å². The third-order valence-electron chi connectivity index (χ3n) is 4.07. The summed E-state index contributed by atoms with van der Waals surface area (Å²) >= 11 is 0. The summed E-state index contributed by atoms with van der Waals surface area (Å²) in [5.74, 6) is 3.27. The van der Waals surface area contributed by atoms with Crippen molar-refractivity contribution >= 4 is 29.9 Å². The van der Waals surface area contributed by atoms with Crippen LogP contribution in [-0.2, 0) is 13.0 Å². The van der Waals surface area contributed by atoms with Crippen molar-refractivity contribution in [3.63, 3.8) is 0 Å². The van der Waals surface area contributed by atoms with E-state index in [0.717, 1.165) is 43.8 Å². The summed E-state index contributed by atoms with van der Waals surface area (Å²) in [5, 5.41) is 15.1. The second-order valence-electron chi connectivity index (χ2n) is 7.67. The lowest BCUT2D eigenvalue weighted by Gasteiger charge is -2.19. The Bertz CT molecular complexity index is 498. The summed E-state index contributed by atoms with van der Waals surface area (Å²) in [5.41, 5.74) is 0. The lowest BCUT2D eigenvalue weighted by atomic mass is 10.0. The fourth-order valence-electron chi connectivity index (χ4n) is 2.60. The number of nitrogens with one attached hydrogen (secondary N) is 2. The molecule has 2 N–H and O–H groups in total. The predicted molar refractivity (Wildman–Crippen MR) is 121 cm³/mol. The molecule has 1 atom stereocenters. The molecule has 1 aromatic rings. The Labute approximate surface area is 177 Å². The van der Waals surface area contributed by atoms with Crippen LogP contribution in [0.2, 0.25) is 0 Å². The average molecular weight is 478 g/mol. The molecule has 0 radical (unpaired) electrons. The first kappa shape index (κ1) is 25.1. The molecule has 1 rings (SSSR count).